The van der Waals surface area contributed by atoms with E-state index in [9.17, 15) is 22.4 Å². The highest BCUT2D eigenvalue weighted by Crippen LogP contribution is 2.27. The number of halogens is 4. The molecule has 7 heteroatoms. The molecular weight excluding hydrogens is 396 g/mol. The van der Waals surface area contributed by atoms with E-state index < -0.39 is 11.9 Å². The minimum absolute atomic E-state index is 0.0439. The fraction of sp³-hybridized carbons (Fsp3) is 0.261. The number of ketones is 1. The third-order valence-electron chi connectivity index (χ3n) is 3.61. The van der Waals surface area contributed by atoms with Crippen molar-refractivity contribution in [2.45, 2.75) is 40.3 Å². The van der Waals surface area contributed by atoms with Gasteiger partial charge in [0.15, 0.2) is 5.78 Å². The first-order valence-electron chi connectivity index (χ1n) is 9.09. The van der Waals surface area contributed by atoms with Gasteiger partial charge in [-0.05, 0) is 63.7 Å². The maximum Gasteiger partial charge on any atom is 0.433 e. The summed E-state index contributed by atoms with van der Waals surface area (Å²) in [4.78, 5) is 17.5. The number of hydrogen-bond donors (Lipinski definition) is 0. The van der Waals surface area contributed by atoms with Crippen LogP contribution in [0.2, 0.25) is 0 Å². The molecule has 0 fully saturated rings. The number of pyridine rings is 1. The van der Waals surface area contributed by atoms with E-state index in [1.807, 2.05) is 20.8 Å². The van der Waals surface area contributed by atoms with Crippen molar-refractivity contribution >= 4 is 12.5 Å². The number of carbonyl (C=O) groups is 1. The Balaban J connectivity index is 0.000000429. The van der Waals surface area contributed by atoms with Gasteiger partial charge in [-0.2, -0.15) is 13.2 Å². The molecule has 0 N–H and O–H groups in total. The van der Waals surface area contributed by atoms with Crippen LogP contribution in [0.1, 0.15) is 37.6 Å². The Morgan fingerprint density at radius 3 is 2.10 bits per heavy atom. The highest BCUT2D eigenvalue weighted by Gasteiger charge is 2.31. The first kappa shape index (κ1) is 26.9. The summed E-state index contributed by atoms with van der Waals surface area (Å²) in [5, 5.41) is 0. The summed E-state index contributed by atoms with van der Waals surface area (Å²) < 4.78 is 48.0. The predicted octanol–water partition coefficient (Wildman–Crippen LogP) is 6.53. The van der Waals surface area contributed by atoms with Crippen molar-refractivity contribution in [1.82, 2.24) is 4.98 Å². The molecule has 3 nitrogen and oxygen atoms in total. The van der Waals surface area contributed by atoms with Gasteiger partial charge in [0.2, 0.25) is 0 Å². The van der Waals surface area contributed by atoms with E-state index in [1.165, 1.54) is 37.5 Å². The standard InChI is InChI=1S/C8H8F3N.C8H11NO.C7H7F/c1-2-6-3-4-7(12-5-6)8(9,10)11;1-4-8(7(2)10)5-6-9-3;1-6-2-4-7(8)5-3-6/h3-5H,2H2,1H3;4-6H,3H2,1-2H3;2-5H,1H3/b;6-5-,8-4+;. The summed E-state index contributed by atoms with van der Waals surface area (Å²) >= 11 is 0. The van der Waals surface area contributed by atoms with Gasteiger partial charge in [0.1, 0.15) is 11.5 Å². The van der Waals surface area contributed by atoms with Gasteiger partial charge in [-0.15, -0.1) is 0 Å². The van der Waals surface area contributed by atoms with Crippen molar-refractivity contribution in [1.29, 1.82) is 0 Å². The van der Waals surface area contributed by atoms with E-state index in [1.54, 1.807) is 24.3 Å². The molecule has 30 heavy (non-hydrogen) atoms. The number of allylic oxidation sites excluding steroid dienone is 3. The molecule has 162 valence electrons. The van der Waals surface area contributed by atoms with Gasteiger partial charge in [0.05, 0.1) is 0 Å². The van der Waals surface area contributed by atoms with Crippen molar-refractivity contribution in [2.75, 3.05) is 0 Å². The van der Waals surface area contributed by atoms with Crippen molar-refractivity contribution < 1.29 is 22.4 Å². The second-order valence-electron chi connectivity index (χ2n) is 6.00. The summed E-state index contributed by atoms with van der Waals surface area (Å²) in [5.74, 6) is -0.127. The molecule has 0 aliphatic rings. The number of alkyl halides is 3. The van der Waals surface area contributed by atoms with Gasteiger partial charge in [-0.3, -0.25) is 14.8 Å². The highest BCUT2D eigenvalue weighted by molar-refractivity contribution is 5.95. The second-order valence-corrected chi connectivity index (χ2v) is 6.00. The van der Waals surface area contributed by atoms with E-state index >= 15 is 0 Å². The van der Waals surface area contributed by atoms with Crippen LogP contribution in [0, 0.1) is 12.7 Å². The molecule has 1 aromatic carbocycles. The smallest absolute Gasteiger partial charge is 0.295 e. The number of nitrogens with zero attached hydrogens (tertiary/aromatic N) is 2. The molecule has 0 bridgehead atoms. The van der Waals surface area contributed by atoms with Crippen molar-refractivity contribution in [2.24, 2.45) is 4.99 Å². The molecule has 0 saturated carbocycles. The van der Waals surface area contributed by atoms with Gasteiger partial charge in [-0.25, -0.2) is 4.39 Å². The SMILES string of the molecule is C=N/C=C\C(=C/C)C(C)=O.CCc1ccc(C(F)(F)F)nc1.Cc1ccc(F)cc1. The Hall–Kier alpha value is -3.09. The lowest BCUT2D eigenvalue weighted by molar-refractivity contribution is -0.141. The number of carbonyl (C=O) groups excluding carboxylic acids is 1. The third kappa shape index (κ3) is 11.7. The zero-order valence-corrected chi connectivity index (χ0v) is 17.5. The van der Waals surface area contributed by atoms with Crippen LogP contribution < -0.4 is 0 Å². The van der Waals surface area contributed by atoms with Crippen LogP contribution in [-0.2, 0) is 17.4 Å². The number of Topliss-reactive ketones (excluding diaryl/α,β-unsaturated/α-hetero) is 1. The quantitative estimate of drug-likeness (QED) is 0.243. The molecule has 0 unspecified atom stereocenters. The fourth-order valence-corrected chi connectivity index (χ4v) is 1.88. The third-order valence-corrected chi connectivity index (χ3v) is 3.61. The number of rotatable bonds is 4. The molecule has 1 aromatic heterocycles. The van der Waals surface area contributed by atoms with Crippen LogP contribution >= 0.6 is 0 Å². The largest absolute Gasteiger partial charge is 0.433 e. The highest BCUT2D eigenvalue weighted by atomic mass is 19.4. The minimum atomic E-state index is -4.33. The number of benzene rings is 1. The predicted molar refractivity (Wildman–Crippen MR) is 113 cm³/mol. The van der Waals surface area contributed by atoms with E-state index in [0.29, 0.717) is 12.0 Å². The maximum absolute atomic E-state index is 12.1. The maximum atomic E-state index is 12.1. The average molecular weight is 422 g/mol. The summed E-state index contributed by atoms with van der Waals surface area (Å²) in [6.07, 6.45) is 2.50. The van der Waals surface area contributed by atoms with Crippen LogP contribution in [0.25, 0.3) is 0 Å². The summed E-state index contributed by atoms with van der Waals surface area (Å²) in [6.45, 7) is 10.4. The zero-order chi connectivity index (χ0) is 23.2. The number of aryl methyl sites for hydroxylation is 2. The molecule has 0 radical (unpaired) electrons. The summed E-state index contributed by atoms with van der Waals surface area (Å²) in [6, 6.07) is 8.84. The normalized spacial score (nSPS) is 11.1. The molecule has 2 aromatic rings. The minimum Gasteiger partial charge on any atom is -0.295 e. The van der Waals surface area contributed by atoms with Crippen LogP contribution in [0.4, 0.5) is 17.6 Å². The Bertz CT molecular complexity index is 816. The first-order valence-corrected chi connectivity index (χ1v) is 9.09. The Morgan fingerprint density at radius 1 is 1.17 bits per heavy atom. The van der Waals surface area contributed by atoms with E-state index in [4.69, 9.17) is 0 Å². The Morgan fingerprint density at radius 2 is 1.77 bits per heavy atom. The van der Waals surface area contributed by atoms with Crippen LogP contribution in [0.15, 0.2) is 71.5 Å². The van der Waals surface area contributed by atoms with Crippen LogP contribution in [0.3, 0.4) is 0 Å². The van der Waals surface area contributed by atoms with Gasteiger partial charge >= 0.3 is 6.18 Å². The zero-order valence-electron chi connectivity index (χ0n) is 17.5. The lowest BCUT2D eigenvalue weighted by atomic mass is 10.2. The first-order chi connectivity index (χ1) is 14.0. The Kier molecular flexibility index (Phi) is 12.5. The molecule has 0 spiro atoms. The monoisotopic (exact) mass is 422 g/mol. The van der Waals surface area contributed by atoms with E-state index in [-0.39, 0.29) is 11.6 Å². The second kappa shape index (κ2) is 14.0. The molecule has 0 atom stereocenters. The van der Waals surface area contributed by atoms with Gasteiger partial charge in [-0.1, -0.05) is 36.8 Å². The number of aromatic nitrogens is 1. The van der Waals surface area contributed by atoms with Gasteiger partial charge in [0, 0.05) is 18.0 Å². The van der Waals surface area contributed by atoms with Gasteiger partial charge in [0.25, 0.3) is 0 Å². The molecule has 0 aliphatic carbocycles. The van der Waals surface area contributed by atoms with Gasteiger partial charge < -0.3 is 0 Å². The fourth-order valence-electron chi connectivity index (χ4n) is 1.88. The molecular formula is C23H26F4N2O. The average Bonchev–Trinajstić information content (AvgIpc) is 2.71. The molecule has 0 amide bonds. The lowest BCUT2D eigenvalue weighted by Gasteiger charge is -2.04. The van der Waals surface area contributed by atoms with Crippen LogP contribution in [0.5, 0.6) is 0 Å². The number of hydrogen-bond acceptors (Lipinski definition) is 3. The summed E-state index contributed by atoms with van der Waals surface area (Å²) in [5.41, 5.74) is 1.72. The molecule has 1 heterocycles. The number of aliphatic imine (C=N–C) groups is 1. The Labute approximate surface area is 174 Å². The molecule has 0 saturated heterocycles. The van der Waals surface area contributed by atoms with Crippen molar-refractivity contribution in [3.8, 4) is 0 Å². The van der Waals surface area contributed by atoms with Crippen molar-refractivity contribution in [3.63, 3.8) is 0 Å². The molecule has 2 rings (SSSR count). The summed E-state index contributed by atoms with van der Waals surface area (Å²) in [7, 11) is 0. The lowest BCUT2D eigenvalue weighted by Crippen LogP contribution is -2.07. The molecule has 0 aliphatic heterocycles. The van der Waals surface area contributed by atoms with Crippen molar-refractivity contribution in [3.05, 3.63) is 89.2 Å². The van der Waals surface area contributed by atoms with E-state index in [2.05, 4.69) is 16.7 Å². The topological polar surface area (TPSA) is 42.3 Å². The van der Waals surface area contributed by atoms with E-state index in [0.717, 1.165) is 17.2 Å². The van der Waals surface area contributed by atoms with Crippen LogP contribution in [-0.4, -0.2) is 17.5 Å².